The van der Waals surface area contributed by atoms with Crippen LogP contribution in [0, 0.1) is 0 Å². The van der Waals surface area contributed by atoms with Gasteiger partial charge in [0.25, 0.3) is 0 Å². The number of rotatable bonds is 5. The third-order valence-corrected chi connectivity index (χ3v) is 5.24. The molecule has 1 aliphatic rings. The van der Waals surface area contributed by atoms with Gasteiger partial charge < -0.3 is 10.6 Å². The molecule has 0 saturated carbocycles. The van der Waals surface area contributed by atoms with Crippen molar-refractivity contribution < 1.29 is 0 Å². The number of fused-ring (bicyclic) bond motifs is 1. The lowest BCUT2D eigenvalue weighted by Crippen LogP contribution is -2.28. The minimum atomic E-state index is 0.317. The number of aromatic nitrogens is 3. The van der Waals surface area contributed by atoms with E-state index >= 15 is 0 Å². The van der Waals surface area contributed by atoms with E-state index in [1.807, 2.05) is 12.1 Å². The molecule has 0 bridgehead atoms. The van der Waals surface area contributed by atoms with Gasteiger partial charge in [-0.15, -0.1) is 11.3 Å². The molecule has 2 N–H and O–H groups in total. The first kappa shape index (κ1) is 16.2. The molecule has 4 heterocycles. The highest BCUT2D eigenvalue weighted by Gasteiger charge is 2.19. The Bertz CT molecular complexity index is 833. The van der Waals surface area contributed by atoms with Gasteiger partial charge in [-0.3, -0.25) is 4.98 Å². The van der Waals surface area contributed by atoms with E-state index in [9.17, 15) is 0 Å². The van der Waals surface area contributed by atoms with Gasteiger partial charge in [0.2, 0.25) is 0 Å². The lowest BCUT2D eigenvalue weighted by Gasteiger charge is -2.23. The maximum atomic E-state index is 4.85. The van der Waals surface area contributed by atoms with Crippen molar-refractivity contribution in [1.82, 2.24) is 20.3 Å². The highest BCUT2D eigenvalue weighted by molar-refractivity contribution is 7.09. The molecule has 0 unspecified atom stereocenters. The Kier molecular flexibility index (Phi) is 4.72. The van der Waals surface area contributed by atoms with Crippen molar-refractivity contribution in [2.75, 3.05) is 11.9 Å². The van der Waals surface area contributed by atoms with Crippen molar-refractivity contribution >= 4 is 17.2 Å². The number of hydrogen-bond donors (Lipinski definition) is 2. The number of thiophene rings is 1. The third-order valence-electron chi connectivity index (χ3n) is 4.35. The first-order valence-electron chi connectivity index (χ1n) is 8.59. The summed E-state index contributed by atoms with van der Waals surface area (Å²) >= 11 is 1.80. The summed E-state index contributed by atoms with van der Waals surface area (Å²) in [4.78, 5) is 15.1. The zero-order chi connectivity index (χ0) is 17.1. The Balaban J connectivity index is 1.65. The van der Waals surface area contributed by atoms with Crippen molar-refractivity contribution in [2.45, 2.75) is 32.4 Å². The quantitative estimate of drug-likeness (QED) is 0.738. The van der Waals surface area contributed by atoms with Gasteiger partial charge in [-0.1, -0.05) is 6.07 Å². The van der Waals surface area contributed by atoms with Crippen molar-refractivity contribution in [3.8, 4) is 11.4 Å². The van der Waals surface area contributed by atoms with Crippen molar-refractivity contribution in [2.24, 2.45) is 0 Å². The second-order valence-corrected chi connectivity index (χ2v) is 7.34. The second-order valence-electron chi connectivity index (χ2n) is 6.31. The van der Waals surface area contributed by atoms with Gasteiger partial charge >= 0.3 is 0 Å². The number of hydrogen-bond acceptors (Lipinski definition) is 6. The Hall–Kier alpha value is -2.31. The summed E-state index contributed by atoms with van der Waals surface area (Å²) in [5.41, 5.74) is 3.34. The molecule has 3 aromatic heterocycles. The zero-order valence-corrected chi connectivity index (χ0v) is 15.0. The first-order chi connectivity index (χ1) is 12.3. The van der Waals surface area contributed by atoms with Crippen LogP contribution in [0.5, 0.6) is 0 Å². The summed E-state index contributed by atoms with van der Waals surface area (Å²) in [6.45, 7) is 3.98. The van der Waals surface area contributed by atoms with Crippen LogP contribution in [-0.2, 0) is 19.4 Å². The van der Waals surface area contributed by atoms with E-state index in [4.69, 9.17) is 9.97 Å². The molecule has 3 aromatic rings. The number of nitrogens with one attached hydrogen (secondary N) is 2. The molecule has 1 aliphatic heterocycles. The van der Waals surface area contributed by atoms with Crippen molar-refractivity contribution in [3.63, 3.8) is 0 Å². The molecular weight excluding hydrogens is 330 g/mol. The van der Waals surface area contributed by atoms with Crippen LogP contribution < -0.4 is 10.6 Å². The van der Waals surface area contributed by atoms with E-state index in [-0.39, 0.29) is 0 Å². The minimum Gasteiger partial charge on any atom is -0.367 e. The van der Waals surface area contributed by atoms with E-state index in [2.05, 4.69) is 40.1 Å². The summed E-state index contributed by atoms with van der Waals surface area (Å²) in [5, 5.41) is 9.17. The van der Waals surface area contributed by atoms with Crippen LogP contribution in [0.25, 0.3) is 11.4 Å². The molecule has 5 nitrogen and oxygen atoms in total. The Morgan fingerprint density at radius 1 is 1.24 bits per heavy atom. The normalized spacial score (nSPS) is 14.8. The largest absolute Gasteiger partial charge is 0.367 e. The number of anilines is 1. The van der Waals surface area contributed by atoms with Gasteiger partial charge in [0.05, 0.1) is 5.69 Å². The fraction of sp³-hybridized carbons (Fsp3) is 0.316. The maximum absolute atomic E-state index is 4.85. The number of nitrogens with zero attached hydrogens (tertiary/aromatic N) is 3. The van der Waals surface area contributed by atoms with Crippen LogP contribution >= 0.6 is 11.3 Å². The predicted octanol–water partition coefficient (Wildman–Crippen LogP) is 3.29. The van der Waals surface area contributed by atoms with Gasteiger partial charge in [-0.2, -0.15) is 0 Å². The van der Waals surface area contributed by atoms with Gasteiger partial charge in [0, 0.05) is 47.4 Å². The molecule has 128 valence electrons. The number of pyridine rings is 1. The highest BCUT2D eigenvalue weighted by atomic mass is 32.1. The lowest BCUT2D eigenvalue weighted by atomic mass is 10.1. The van der Waals surface area contributed by atoms with E-state index in [0.29, 0.717) is 6.04 Å². The van der Waals surface area contributed by atoms with Crippen LogP contribution in [0.15, 0.2) is 42.0 Å². The monoisotopic (exact) mass is 351 g/mol. The molecule has 0 radical (unpaired) electrons. The standard InChI is InChI=1S/C19H21N5S/c1-13(11-15-3-2-10-25-15)22-19-16-6-9-21-12-17(16)23-18(24-19)14-4-7-20-8-5-14/h2-5,7-8,10,13,21H,6,9,11-12H2,1H3,(H,22,23,24)/t13-/m0/s1. The summed E-state index contributed by atoms with van der Waals surface area (Å²) in [5.74, 6) is 1.73. The Morgan fingerprint density at radius 2 is 2.12 bits per heavy atom. The minimum absolute atomic E-state index is 0.317. The van der Waals surface area contributed by atoms with Gasteiger partial charge in [-0.25, -0.2) is 9.97 Å². The SMILES string of the molecule is C[C@@H](Cc1cccs1)Nc1nc(-c2ccncc2)nc2c1CCNC2. The smallest absolute Gasteiger partial charge is 0.161 e. The van der Waals surface area contributed by atoms with Crippen LogP contribution in [0.2, 0.25) is 0 Å². The average Bonchev–Trinajstić information content (AvgIpc) is 3.15. The molecule has 0 aromatic carbocycles. The van der Waals surface area contributed by atoms with E-state index < -0.39 is 0 Å². The van der Waals surface area contributed by atoms with Crippen LogP contribution in [0.1, 0.15) is 23.1 Å². The van der Waals surface area contributed by atoms with Crippen LogP contribution in [0.3, 0.4) is 0 Å². The molecular formula is C19H21N5S. The fourth-order valence-electron chi connectivity index (χ4n) is 3.12. The van der Waals surface area contributed by atoms with Crippen LogP contribution in [0.4, 0.5) is 5.82 Å². The summed E-state index contributed by atoms with van der Waals surface area (Å²) in [6, 6.07) is 8.52. The summed E-state index contributed by atoms with van der Waals surface area (Å²) in [6.07, 6.45) is 5.52. The molecule has 0 saturated heterocycles. The molecule has 0 fully saturated rings. The average molecular weight is 351 g/mol. The topological polar surface area (TPSA) is 62.7 Å². The highest BCUT2D eigenvalue weighted by Crippen LogP contribution is 2.25. The van der Waals surface area contributed by atoms with E-state index in [1.165, 1.54) is 10.4 Å². The van der Waals surface area contributed by atoms with Crippen molar-refractivity contribution in [3.05, 3.63) is 58.2 Å². The molecule has 4 rings (SSSR count). The Labute approximate surface area is 151 Å². The van der Waals surface area contributed by atoms with E-state index in [1.54, 1.807) is 23.7 Å². The van der Waals surface area contributed by atoms with Crippen molar-refractivity contribution in [1.29, 1.82) is 0 Å². The third kappa shape index (κ3) is 3.70. The lowest BCUT2D eigenvalue weighted by molar-refractivity contribution is 0.623. The zero-order valence-electron chi connectivity index (χ0n) is 14.2. The molecule has 6 heteroatoms. The molecule has 0 spiro atoms. The Morgan fingerprint density at radius 3 is 2.92 bits per heavy atom. The summed E-state index contributed by atoms with van der Waals surface area (Å²) < 4.78 is 0. The van der Waals surface area contributed by atoms with Gasteiger partial charge in [-0.05, 0) is 43.5 Å². The predicted molar refractivity (Wildman–Crippen MR) is 102 cm³/mol. The van der Waals surface area contributed by atoms with Crippen LogP contribution in [-0.4, -0.2) is 27.5 Å². The molecule has 0 aliphatic carbocycles. The molecule has 25 heavy (non-hydrogen) atoms. The van der Waals surface area contributed by atoms with Gasteiger partial charge in [0.1, 0.15) is 5.82 Å². The van der Waals surface area contributed by atoms with Gasteiger partial charge in [0.15, 0.2) is 5.82 Å². The second kappa shape index (κ2) is 7.29. The molecule has 1 atom stereocenters. The summed E-state index contributed by atoms with van der Waals surface area (Å²) in [7, 11) is 0. The van der Waals surface area contributed by atoms with E-state index in [0.717, 1.165) is 48.8 Å². The fourth-order valence-corrected chi connectivity index (χ4v) is 3.96. The molecule has 0 amide bonds. The maximum Gasteiger partial charge on any atom is 0.161 e. The first-order valence-corrected chi connectivity index (χ1v) is 9.47.